The maximum absolute atomic E-state index is 11.0. The van der Waals surface area contributed by atoms with Gasteiger partial charge in [0, 0.05) is 0 Å². The molecule has 102 valence electrons. The fraction of sp³-hybridized carbons (Fsp3) is 0.125. The molecule has 2 aromatic rings. The highest BCUT2D eigenvalue weighted by Crippen LogP contribution is 2.07. The molecular weight excluding hydrogens is 254 g/mol. The average Bonchev–Trinajstić information content (AvgIpc) is 2.50. The van der Waals surface area contributed by atoms with Crippen molar-refractivity contribution >= 4 is 5.97 Å². The van der Waals surface area contributed by atoms with Gasteiger partial charge in [-0.05, 0) is 43.3 Å². The Balaban J connectivity index is 0.000000204. The number of phenols is 1. The number of hydrogen-bond acceptors (Lipinski definition) is 4. The molecule has 0 aliphatic heterocycles. The first-order chi connectivity index (χ1) is 9.67. The second-order valence-corrected chi connectivity index (χ2v) is 3.75. The largest absolute Gasteiger partial charge is 0.508 e. The lowest BCUT2D eigenvalue weighted by atomic mass is 10.2. The van der Waals surface area contributed by atoms with Crippen molar-refractivity contribution in [2.24, 2.45) is 0 Å². The number of carbonyl (C=O) groups excluding carboxylic acids is 1. The van der Waals surface area contributed by atoms with Crippen molar-refractivity contribution in [2.45, 2.75) is 6.92 Å². The molecule has 0 amide bonds. The molecule has 0 heterocycles. The first-order valence-corrected chi connectivity index (χ1v) is 6.08. The predicted octanol–water partition coefficient (Wildman–Crippen LogP) is 3.13. The zero-order valence-electron chi connectivity index (χ0n) is 11.1. The molecule has 0 aliphatic carbocycles. The van der Waals surface area contributed by atoms with Gasteiger partial charge in [0.2, 0.25) is 0 Å². The van der Waals surface area contributed by atoms with Crippen LogP contribution >= 0.6 is 0 Å². The first kappa shape index (κ1) is 15.3. The Bertz CT molecular complexity index is 571. The van der Waals surface area contributed by atoms with Crippen LogP contribution in [0.15, 0.2) is 54.6 Å². The van der Waals surface area contributed by atoms with E-state index in [1.54, 1.807) is 31.2 Å². The number of benzene rings is 2. The van der Waals surface area contributed by atoms with Crippen LogP contribution in [0, 0.1) is 11.3 Å². The fourth-order valence-corrected chi connectivity index (χ4v) is 1.32. The second-order valence-electron chi connectivity index (χ2n) is 3.75. The summed E-state index contributed by atoms with van der Waals surface area (Å²) in [5.41, 5.74) is 1.17. The second kappa shape index (κ2) is 8.33. The number of esters is 1. The minimum Gasteiger partial charge on any atom is -0.508 e. The number of ether oxygens (including phenoxy) is 1. The topological polar surface area (TPSA) is 70.3 Å². The quantitative estimate of drug-likeness (QED) is 0.850. The summed E-state index contributed by atoms with van der Waals surface area (Å²) in [6.45, 7) is 2.22. The smallest absolute Gasteiger partial charge is 0.338 e. The summed E-state index contributed by atoms with van der Waals surface area (Å²) in [5.74, 6) is -0.0675. The maximum Gasteiger partial charge on any atom is 0.338 e. The molecule has 1 N–H and O–H groups in total. The summed E-state index contributed by atoms with van der Waals surface area (Å²) in [6, 6.07) is 17.0. The third-order valence-electron chi connectivity index (χ3n) is 2.28. The average molecular weight is 269 g/mol. The standard InChI is InChI=1S/C9H10O2.C7H5NO/c1-2-11-9(10)8-6-4-3-5-7-8;8-5-6-1-3-7(9)4-2-6/h3-7H,2H2,1H3;1-4,9H. The molecule has 0 saturated heterocycles. The highest BCUT2D eigenvalue weighted by atomic mass is 16.5. The lowest BCUT2D eigenvalue weighted by Crippen LogP contribution is -2.03. The Morgan fingerprint density at radius 2 is 1.75 bits per heavy atom. The normalized spacial score (nSPS) is 8.80. The van der Waals surface area contributed by atoms with Crippen molar-refractivity contribution in [3.63, 3.8) is 0 Å². The predicted molar refractivity (Wildman–Crippen MR) is 75.2 cm³/mol. The van der Waals surface area contributed by atoms with Gasteiger partial charge in [-0.25, -0.2) is 4.79 Å². The van der Waals surface area contributed by atoms with E-state index in [-0.39, 0.29) is 11.7 Å². The minimum absolute atomic E-state index is 0.189. The van der Waals surface area contributed by atoms with Crippen LogP contribution in [0.5, 0.6) is 5.75 Å². The molecule has 4 nitrogen and oxygen atoms in total. The van der Waals surface area contributed by atoms with E-state index in [1.165, 1.54) is 12.1 Å². The zero-order valence-corrected chi connectivity index (χ0v) is 11.1. The third kappa shape index (κ3) is 5.23. The van der Waals surface area contributed by atoms with Gasteiger partial charge in [0.1, 0.15) is 5.75 Å². The molecule has 0 spiro atoms. The maximum atomic E-state index is 11.0. The van der Waals surface area contributed by atoms with Crippen LogP contribution in [0.3, 0.4) is 0 Å². The third-order valence-corrected chi connectivity index (χ3v) is 2.28. The van der Waals surface area contributed by atoms with Gasteiger partial charge in [-0.3, -0.25) is 0 Å². The fourth-order valence-electron chi connectivity index (χ4n) is 1.32. The molecule has 4 heteroatoms. The van der Waals surface area contributed by atoms with E-state index >= 15 is 0 Å². The van der Waals surface area contributed by atoms with Crippen LogP contribution in [-0.2, 0) is 4.74 Å². The molecule has 0 aliphatic rings. The Hall–Kier alpha value is -2.80. The number of carbonyl (C=O) groups is 1. The van der Waals surface area contributed by atoms with E-state index in [0.717, 1.165) is 0 Å². The van der Waals surface area contributed by atoms with Gasteiger partial charge in [0.15, 0.2) is 0 Å². The molecular formula is C16H15NO3. The van der Waals surface area contributed by atoms with Gasteiger partial charge in [-0.1, -0.05) is 18.2 Å². The van der Waals surface area contributed by atoms with Crippen molar-refractivity contribution in [1.29, 1.82) is 5.26 Å². The van der Waals surface area contributed by atoms with E-state index in [0.29, 0.717) is 17.7 Å². The highest BCUT2D eigenvalue weighted by Gasteiger charge is 2.02. The molecule has 0 saturated carbocycles. The molecule has 0 fully saturated rings. The van der Waals surface area contributed by atoms with Gasteiger partial charge in [0.25, 0.3) is 0 Å². The van der Waals surface area contributed by atoms with Crippen LogP contribution in [-0.4, -0.2) is 17.7 Å². The minimum atomic E-state index is -0.256. The van der Waals surface area contributed by atoms with E-state index in [9.17, 15) is 4.79 Å². The summed E-state index contributed by atoms with van der Waals surface area (Å²) >= 11 is 0. The molecule has 2 rings (SSSR count). The van der Waals surface area contributed by atoms with E-state index in [4.69, 9.17) is 15.1 Å². The van der Waals surface area contributed by atoms with Gasteiger partial charge < -0.3 is 9.84 Å². The lowest BCUT2D eigenvalue weighted by Gasteiger charge is -1.99. The summed E-state index contributed by atoms with van der Waals surface area (Å²) in [4.78, 5) is 11.0. The van der Waals surface area contributed by atoms with E-state index in [1.807, 2.05) is 24.3 Å². The molecule has 0 unspecified atom stereocenters. The number of phenolic OH excluding ortho intramolecular Hbond substituents is 1. The number of hydrogen-bond donors (Lipinski definition) is 1. The number of aromatic hydroxyl groups is 1. The Kier molecular flexibility index (Phi) is 6.35. The lowest BCUT2D eigenvalue weighted by molar-refractivity contribution is 0.0526. The summed E-state index contributed by atoms with van der Waals surface area (Å²) in [7, 11) is 0. The van der Waals surface area contributed by atoms with Crippen molar-refractivity contribution in [3.8, 4) is 11.8 Å². The van der Waals surface area contributed by atoms with Gasteiger partial charge in [-0.15, -0.1) is 0 Å². The van der Waals surface area contributed by atoms with Gasteiger partial charge in [-0.2, -0.15) is 5.26 Å². The Morgan fingerprint density at radius 3 is 2.25 bits per heavy atom. The number of nitriles is 1. The first-order valence-electron chi connectivity index (χ1n) is 6.08. The molecule has 20 heavy (non-hydrogen) atoms. The van der Waals surface area contributed by atoms with E-state index in [2.05, 4.69) is 0 Å². The molecule has 2 aromatic carbocycles. The van der Waals surface area contributed by atoms with Crippen molar-refractivity contribution in [2.75, 3.05) is 6.61 Å². The Labute approximate surface area is 117 Å². The summed E-state index contributed by atoms with van der Waals surface area (Å²) < 4.78 is 4.79. The molecule has 0 aromatic heterocycles. The number of rotatable bonds is 2. The SMILES string of the molecule is CCOC(=O)c1ccccc1.N#Cc1ccc(O)cc1. The van der Waals surface area contributed by atoms with Crippen molar-refractivity contribution < 1.29 is 14.6 Å². The molecule has 0 atom stereocenters. The van der Waals surface area contributed by atoms with Crippen molar-refractivity contribution in [3.05, 3.63) is 65.7 Å². The van der Waals surface area contributed by atoms with Crippen molar-refractivity contribution in [1.82, 2.24) is 0 Å². The Morgan fingerprint density at radius 1 is 1.15 bits per heavy atom. The van der Waals surface area contributed by atoms with Crippen LogP contribution < -0.4 is 0 Å². The highest BCUT2D eigenvalue weighted by molar-refractivity contribution is 5.89. The monoisotopic (exact) mass is 269 g/mol. The van der Waals surface area contributed by atoms with Crippen LogP contribution in [0.1, 0.15) is 22.8 Å². The van der Waals surface area contributed by atoms with Crippen LogP contribution in [0.2, 0.25) is 0 Å². The van der Waals surface area contributed by atoms with Crippen LogP contribution in [0.4, 0.5) is 0 Å². The van der Waals surface area contributed by atoms with Crippen LogP contribution in [0.25, 0.3) is 0 Å². The van der Waals surface area contributed by atoms with Gasteiger partial charge in [0.05, 0.1) is 23.8 Å². The zero-order chi connectivity index (χ0) is 14.8. The van der Waals surface area contributed by atoms with Gasteiger partial charge >= 0.3 is 5.97 Å². The summed E-state index contributed by atoms with van der Waals surface area (Å²) in [5, 5.41) is 17.0. The molecule has 0 bridgehead atoms. The van der Waals surface area contributed by atoms with E-state index < -0.39 is 0 Å². The number of nitrogens with zero attached hydrogens (tertiary/aromatic N) is 1. The molecule has 0 radical (unpaired) electrons. The summed E-state index contributed by atoms with van der Waals surface area (Å²) in [6.07, 6.45) is 0.